The smallest absolute Gasteiger partial charge is 0.300 e. The van der Waals surface area contributed by atoms with E-state index in [1.807, 2.05) is 60.0 Å². The minimum Gasteiger partial charge on any atom is -0.497 e. The number of benzene rings is 5. The molecule has 352 valence electrons. The lowest BCUT2D eigenvalue weighted by molar-refractivity contribution is -0.121. The van der Waals surface area contributed by atoms with Crippen LogP contribution in [0.25, 0.3) is 11.3 Å². The van der Waals surface area contributed by atoms with Crippen LogP contribution in [0.5, 0.6) is 17.2 Å². The number of anilines is 2. The molecule has 3 aliphatic rings. The van der Waals surface area contributed by atoms with Crippen LogP contribution >= 0.6 is 11.6 Å². The highest BCUT2D eigenvalue weighted by Crippen LogP contribution is 2.60. The van der Waals surface area contributed by atoms with Gasteiger partial charge in [-0.1, -0.05) is 35.9 Å². The summed E-state index contributed by atoms with van der Waals surface area (Å²) in [5.74, 6) is -0.165. The Balaban J connectivity index is 0.875. The lowest BCUT2D eigenvalue weighted by atomic mass is 9.77. The molecule has 0 fully saturated rings. The standard InChI is InChI=1S/C47H44ClN7O11S2/c1-25-53-54-45-29(20-32(26-8-10-30(48)11-9-26)33-23-31(64-2)12-17-39(33)55(25)45)22-40(56)51-18-4-3-5-19-52-46(57)27-6-7-28-24-65-47(36(28)21-27)34-13-15-37(49)43(67(58,59)60)41(34)66-42-35(47)14-16-38(50)44(42)68(61,62)63/h6-17,20-21,23,29H,3-5,18-19,22,24,49-50H2,1-2H3,(H,51,56)(H,52,57)(H,58,59,60)(H,61,62,63)/t29-/m0/s1. The molecule has 18 nitrogen and oxygen atoms in total. The summed E-state index contributed by atoms with van der Waals surface area (Å²) in [6, 6.07) is 23.4. The van der Waals surface area contributed by atoms with E-state index in [1.54, 1.807) is 25.3 Å². The van der Waals surface area contributed by atoms with Gasteiger partial charge < -0.3 is 36.3 Å². The van der Waals surface area contributed by atoms with Crippen LogP contribution in [0.4, 0.5) is 11.4 Å². The van der Waals surface area contributed by atoms with Crippen LogP contribution in [0, 0.1) is 6.92 Å². The van der Waals surface area contributed by atoms with E-state index in [2.05, 4.69) is 20.8 Å². The highest BCUT2D eigenvalue weighted by molar-refractivity contribution is 7.86. The molecule has 6 aromatic rings. The van der Waals surface area contributed by atoms with Gasteiger partial charge in [-0.2, -0.15) is 16.8 Å². The normalized spacial score (nSPS) is 15.4. The largest absolute Gasteiger partial charge is 0.497 e. The third-order valence-corrected chi connectivity index (χ3v) is 14.4. The number of nitrogens with one attached hydrogen (secondary N) is 2. The first-order valence-corrected chi connectivity index (χ1v) is 24.6. The van der Waals surface area contributed by atoms with E-state index >= 15 is 0 Å². The van der Waals surface area contributed by atoms with E-state index in [4.69, 9.17) is 37.3 Å². The summed E-state index contributed by atoms with van der Waals surface area (Å²) in [4.78, 5) is 25.5. The highest BCUT2D eigenvalue weighted by atomic mass is 35.5. The fourth-order valence-corrected chi connectivity index (χ4v) is 10.8. The number of ether oxygens (including phenoxy) is 3. The quantitative estimate of drug-likeness (QED) is 0.0412. The Morgan fingerprint density at radius 2 is 1.49 bits per heavy atom. The number of hydrogen-bond acceptors (Lipinski definition) is 13. The number of carbonyl (C=O) groups excluding carboxylic acids is 2. The lowest BCUT2D eigenvalue weighted by Gasteiger charge is -2.38. The Labute approximate surface area is 395 Å². The van der Waals surface area contributed by atoms with Crippen LogP contribution in [0.1, 0.15) is 87.0 Å². The lowest BCUT2D eigenvalue weighted by Crippen LogP contribution is -2.34. The molecule has 9 rings (SSSR count). The van der Waals surface area contributed by atoms with Gasteiger partial charge in [0.25, 0.3) is 26.1 Å². The van der Waals surface area contributed by atoms with Crippen molar-refractivity contribution in [1.29, 1.82) is 0 Å². The summed E-state index contributed by atoms with van der Waals surface area (Å²) in [7, 11) is -8.57. The van der Waals surface area contributed by atoms with Crippen LogP contribution in [-0.2, 0) is 42.0 Å². The molecular weight excluding hydrogens is 938 g/mol. The molecule has 0 bridgehead atoms. The minimum absolute atomic E-state index is 0.0275. The van der Waals surface area contributed by atoms with E-state index < -0.39 is 70.3 Å². The van der Waals surface area contributed by atoms with E-state index in [9.17, 15) is 35.5 Å². The number of halogens is 1. The molecule has 68 heavy (non-hydrogen) atoms. The highest BCUT2D eigenvalue weighted by Gasteiger charge is 2.53. The molecular formula is C47H44ClN7O11S2. The fraction of sp³-hybridized carbons (Fsp3) is 0.234. The number of aryl methyl sites for hydroxylation is 1. The zero-order chi connectivity index (χ0) is 48.3. The Hall–Kier alpha value is -6.81. The van der Waals surface area contributed by atoms with E-state index in [-0.39, 0.29) is 35.6 Å². The number of methoxy groups -OCH3 is 1. The Bertz CT molecular complexity index is 3240. The van der Waals surface area contributed by atoms with Crippen LogP contribution in [0.3, 0.4) is 0 Å². The van der Waals surface area contributed by atoms with Crippen molar-refractivity contribution in [3.63, 3.8) is 0 Å². The number of hydrogen-bond donors (Lipinski definition) is 6. The fourth-order valence-electron chi connectivity index (χ4n) is 9.17. The molecule has 4 heterocycles. The third kappa shape index (κ3) is 8.22. The number of amides is 2. The van der Waals surface area contributed by atoms with Gasteiger partial charge in [0.05, 0.1) is 30.8 Å². The number of nitrogen functional groups attached to an aromatic ring is 2. The van der Waals surface area contributed by atoms with Crippen LogP contribution < -0.4 is 31.6 Å². The van der Waals surface area contributed by atoms with Crippen molar-refractivity contribution in [1.82, 2.24) is 25.4 Å². The molecule has 0 unspecified atom stereocenters. The van der Waals surface area contributed by atoms with E-state index in [0.29, 0.717) is 65.9 Å². The molecule has 0 saturated carbocycles. The van der Waals surface area contributed by atoms with Gasteiger partial charge in [0.1, 0.15) is 17.4 Å². The van der Waals surface area contributed by atoms with Crippen molar-refractivity contribution in [2.24, 2.45) is 0 Å². The van der Waals surface area contributed by atoms with Gasteiger partial charge >= 0.3 is 0 Å². The average molecular weight is 982 g/mol. The summed E-state index contributed by atoms with van der Waals surface area (Å²) in [5, 5.41) is 15.4. The predicted octanol–water partition coefficient (Wildman–Crippen LogP) is 6.46. The van der Waals surface area contributed by atoms with Crippen molar-refractivity contribution in [3.8, 4) is 22.9 Å². The van der Waals surface area contributed by atoms with Gasteiger partial charge in [0.2, 0.25) is 5.91 Å². The first kappa shape index (κ1) is 46.3. The van der Waals surface area contributed by atoms with Crippen LogP contribution in [-0.4, -0.2) is 72.7 Å². The molecule has 1 aromatic heterocycles. The monoisotopic (exact) mass is 981 g/mol. The molecule has 21 heteroatoms. The molecule has 0 aliphatic carbocycles. The number of aromatic nitrogens is 3. The number of nitrogens with two attached hydrogens (primary N) is 2. The van der Waals surface area contributed by atoms with Gasteiger partial charge in [-0.05, 0) is 115 Å². The van der Waals surface area contributed by atoms with Gasteiger partial charge in [0.15, 0.2) is 26.9 Å². The van der Waals surface area contributed by atoms with Crippen molar-refractivity contribution in [2.75, 3.05) is 31.7 Å². The Kier molecular flexibility index (Phi) is 12.0. The van der Waals surface area contributed by atoms with Gasteiger partial charge in [-0.15, -0.1) is 10.2 Å². The van der Waals surface area contributed by atoms with Gasteiger partial charge in [-0.3, -0.25) is 23.3 Å². The van der Waals surface area contributed by atoms with E-state index in [0.717, 1.165) is 22.4 Å². The summed E-state index contributed by atoms with van der Waals surface area (Å²) >= 11 is 6.25. The number of rotatable bonds is 13. The maximum Gasteiger partial charge on any atom is 0.300 e. The Morgan fingerprint density at radius 1 is 0.838 bits per heavy atom. The maximum absolute atomic E-state index is 13.7. The van der Waals surface area contributed by atoms with Crippen molar-refractivity contribution in [3.05, 3.63) is 147 Å². The number of nitrogens with zero attached hydrogens (tertiary/aromatic N) is 3. The summed E-state index contributed by atoms with van der Waals surface area (Å²) in [6.07, 6.45) is 4.03. The zero-order valence-corrected chi connectivity index (χ0v) is 38.8. The second-order valence-electron chi connectivity index (χ2n) is 16.5. The predicted molar refractivity (Wildman–Crippen MR) is 250 cm³/mol. The van der Waals surface area contributed by atoms with Crippen molar-refractivity contribution < 1.29 is 49.7 Å². The van der Waals surface area contributed by atoms with Gasteiger partial charge in [-0.25, -0.2) is 0 Å². The molecule has 3 aliphatic heterocycles. The van der Waals surface area contributed by atoms with Crippen molar-refractivity contribution >= 4 is 60.6 Å². The van der Waals surface area contributed by atoms with Crippen molar-refractivity contribution in [2.45, 2.75) is 60.5 Å². The zero-order valence-electron chi connectivity index (χ0n) is 36.4. The molecule has 0 radical (unpaired) electrons. The molecule has 0 saturated heterocycles. The van der Waals surface area contributed by atoms with E-state index in [1.165, 1.54) is 24.3 Å². The summed E-state index contributed by atoms with van der Waals surface area (Å²) in [5.41, 5.74) is 14.1. The van der Waals surface area contributed by atoms with Gasteiger partial charge in [0, 0.05) is 52.7 Å². The molecule has 5 aromatic carbocycles. The number of unbranched alkanes of at least 4 members (excludes halogenated alkanes) is 2. The number of carbonyl (C=O) groups is 2. The maximum atomic E-state index is 13.7. The third-order valence-electron chi connectivity index (χ3n) is 12.3. The second-order valence-corrected chi connectivity index (χ2v) is 19.7. The van der Waals surface area contributed by atoms with Crippen LogP contribution in [0.15, 0.2) is 101 Å². The molecule has 1 atom stereocenters. The molecule has 2 amide bonds. The first-order valence-electron chi connectivity index (χ1n) is 21.3. The first-order chi connectivity index (χ1) is 32.4. The molecule has 1 spiro atoms. The molecule has 8 N–H and O–H groups in total. The Morgan fingerprint density at radius 3 is 2.12 bits per heavy atom. The summed E-state index contributed by atoms with van der Waals surface area (Å²) in [6.45, 7) is 2.48. The number of fused-ring (bicyclic) bond motifs is 9. The van der Waals surface area contributed by atoms with Crippen LogP contribution in [0.2, 0.25) is 5.02 Å². The topological polar surface area (TPSA) is 277 Å². The second kappa shape index (κ2) is 17.7. The minimum atomic E-state index is -5.09. The summed E-state index contributed by atoms with van der Waals surface area (Å²) < 4.78 is 91.2. The average Bonchev–Trinajstić information content (AvgIpc) is 3.82. The SMILES string of the molecule is COc1ccc2c(c1)C(c1ccc(Cl)cc1)=C[C@@H](CC(=O)NCCCCCNC(=O)c1ccc3c(c1)C1(OC3)c3ccc(N)c(S(=O)(=O)O)c3Oc3c1ccc(N)c3S(=O)(=O)O)c1nnc(C)n1-2. The number of allylic oxidation sites excluding steroid dienone is 1.